The van der Waals surface area contributed by atoms with E-state index in [0.717, 1.165) is 50.6 Å². The zero-order chi connectivity index (χ0) is 17.2. The van der Waals surface area contributed by atoms with Crippen LogP contribution in [-0.4, -0.2) is 37.1 Å². The second-order valence-electron chi connectivity index (χ2n) is 8.37. The quantitative estimate of drug-likeness (QED) is 0.809. The first kappa shape index (κ1) is 17.8. The molecule has 0 bridgehead atoms. The highest BCUT2D eigenvalue weighted by molar-refractivity contribution is 6.30. The minimum absolute atomic E-state index is 0.0519. The number of likely N-dealkylation sites (tertiary alicyclic amines) is 1. The number of hydrogen-bond acceptors (Lipinski definition) is 2. The normalized spacial score (nSPS) is 24.5. The van der Waals surface area contributed by atoms with E-state index in [1.807, 2.05) is 12.1 Å². The van der Waals surface area contributed by atoms with Crippen LogP contribution in [0.3, 0.4) is 0 Å². The Morgan fingerprint density at radius 3 is 2.71 bits per heavy atom. The molecule has 2 aliphatic rings. The molecule has 0 aromatic heterocycles. The van der Waals surface area contributed by atoms with Crippen LogP contribution in [0, 0.1) is 10.8 Å². The van der Waals surface area contributed by atoms with Crippen LogP contribution >= 0.6 is 11.6 Å². The molecule has 1 atom stereocenters. The Hall–Kier alpha value is -1.06. The lowest BCUT2D eigenvalue weighted by molar-refractivity contribution is -0.133. The van der Waals surface area contributed by atoms with Gasteiger partial charge in [0.2, 0.25) is 5.91 Å². The van der Waals surface area contributed by atoms with Crippen molar-refractivity contribution in [2.24, 2.45) is 10.8 Å². The maximum absolute atomic E-state index is 12.8. The van der Waals surface area contributed by atoms with Gasteiger partial charge < -0.3 is 9.64 Å². The minimum Gasteiger partial charge on any atom is -0.381 e. The van der Waals surface area contributed by atoms with E-state index in [4.69, 9.17) is 16.3 Å². The number of rotatable bonds is 4. The average Bonchev–Trinajstić information content (AvgIpc) is 2.93. The number of amides is 1. The molecule has 2 aliphatic heterocycles. The Bertz CT molecular complexity index is 576. The third-order valence-corrected chi connectivity index (χ3v) is 5.67. The molecule has 3 rings (SSSR count). The summed E-state index contributed by atoms with van der Waals surface area (Å²) in [6.45, 7) is 7.82. The van der Waals surface area contributed by atoms with Crippen molar-refractivity contribution in [2.45, 2.75) is 46.0 Å². The largest absolute Gasteiger partial charge is 0.381 e. The van der Waals surface area contributed by atoms with Crippen molar-refractivity contribution < 1.29 is 9.53 Å². The topological polar surface area (TPSA) is 29.5 Å². The molecule has 0 saturated carbocycles. The predicted octanol–water partition coefficient (Wildman–Crippen LogP) is 4.33. The van der Waals surface area contributed by atoms with E-state index in [1.165, 1.54) is 12.0 Å². The van der Waals surface area contributed by atoms with Gasteiger partial charge in [0, 0.05) is 36.6 Å². The number of nitrogens with zero attached hydrogens (tertiary/aromatic N) is 1. The summed E-state index contributed by atoms with van der Waals surface area (Å²) in [6, 6.07) is 7.95. The van der Waals surface area contributed by atoms with Crippen molar-refractivity contribution in [3.05, 3.63) is 34.9 Å². The molecular formula is C20H28ClNO2. The summed E-state index contributed by atoms with van der Waals surface area (Å²) in [5.74, 6) is 0.288. The molecule has 0 aliphatic carbocycles. The fourth-order valence-corrected chi connectivity index (χ4v) is 4.24. The van der Waals surface area contributed by atoms with E-state index in [1.54, 1.807) is 0 Å². The molecule has 1 spiro atoms. The molecule has 2 saturated heterocycles. The van der Waals surface area contributed by atoms with Crippen LogP contribution in [0.2, 0.25) is 5.02 Å². The van der Waals surface area contributed by atoms with Crippen LogP contribution in [0.1, 0.15) is 45.1 Å². The molecule has 1 aromatic carbocycles. The number of halogens is 1. The van der Waals surface area contributed by atoms with E-state index >= 15 is 0 Å². The molecular weight excluding hydrogens is 322 g/mol. The van der Waals surface area contributed by atoms with Gasteiger partial charge in [-0.2, -0.15) is 0 Å². The van der Waals surface area contributed by atoms with Gasteiger partial charge in [0.15, 0.2) is 0 Å². The first-order valence-electron chi connectivity index (χ1n) is 8.98. The standard InChI is InChI=1S/C20H28ClNO2/c1-19(2,12-16-4-6-17(21)7-5-16)13-18(23)22-10-9-20(14-22)8-3-11-24-15-20/h4-7H,3,8-15H2,1-2H3. The highest BCUT2D eigenvalue weighted by atomic mass is 35.5. The monoisotopic (exact) mass is 349 g/mol. The van der Waals surface area contributed by atoms with Gasteiger partial charge >= 0.3 is 0 Å². The van der Waals surface area contributed by atoms with Gasteiger partial charge in [0.25, 0.3) is 0 Å². The predicted molar refractivity (Wildman–Crippen MR) is 97.2 cm³/mol. The molecule has 1 amide bonds. The molecule has 2 fully saturated rings. The fraction of sp³-hybridized carbons (Fsp3) is 0.650. The van der Waals surface area contributed by atoms with Gasteiger partial charge in [-0.25, -0.2) is 0 Å². The summed E-state index contributed by atoms with van der Waals surface area (Å²) in [5.41, 5.74) is 1.41. The van der Waals surface area contributed by atoms with E-state index in [0.29, 0.717) is 6.42 Å². The smallest absolute Gasteiger partial charge is 0.223 e. The highest BCUT2D eigenvalue weighted by Crippen LogP contribution is 2.39. The van der Waals surface area contributed by atoms with Gasteiger partial charge in [-0.05, 0) is 48.8 Å². The van der Waals surface area contributed by atoms with Crippen LogP contribution in [0.15, 0.2) is 24.3 Å². The Kier molecular flexibility index (Phi) is 5.22. The molecule has 0 radical (unpaired) electrons. The lowest BCUT2D eigenvalue weighted by Gasteiger charge is -2.33. The third-order valence-electron chi connectivity index (χ3n) is 5.42. The molecule has 1 unspecified atom stereocenters. The van der Waals surface area contributed by atoms with Crippen molar-refractivity contribution in [1.29, 1.82) is 0 Å². The molecule has 24 heavy (non-hydrogen) atoms. The second kappa shape index (κ2) is 7.05. The molecule has 1 aromatic rings. The van der Waals surface area contributed by atoms with E-state index in [-0.39, 0.29) is 16.7 Å². The molecule has 0 N–H and O–H groups in total. The lowest BCUT2D eigenvalue weighted by Crippen LogP contribution is -2.38. The SMILES string of the molecule is CC(C)(CC(=O)N1CCC2(CCCOC2)C1)Cc1ccc(Cl)cc1. The zero-order valence-corrected chi connectivity index (χ0v) is 15.6. The van der Waals surface area contributed by atoms with Crippen LogP contribution < -0.4 is 0 Å². The van der Waals surface area contributed by atoms with Gasteiger partial charge in [-0.15, -0.1) is 0 Å². The lowest BCUT2D eigenvalue weighted by atomic mass is 9.81. The fourth-order valence-electron chi connectivity index (χ4n) is 4.12. The van der Waals surface area contributed by atoms with Gasteiger partial charge in [-0.3, -0.25) is 4.79 Å². The number of ether oxygens (including phenoxy) is 1. The molecule has 2 heterocycles. The first-order chi connectivity index (χ1) is 11.4. The van der Waals surface area contributed by atoms with Gasteiger partial charge in [-0.1, -0.05) is 37.6 Å². The summed E-state index contributed by atoms with van der Waals surface area (Å²) in [5, 5.41) is 0.754. The van der Waals surface area contributed by atoms with Crippen molar-refractivity contribution in [1.82, 2.24) is 4.90 Å². The van der Waals surface area contributed by atoms with Crippen LogP contribution in [0.4, 0.5) is 0 Å². The Morgan fingerprint density at radius 1 is 1.29 bits per heavy atom. The number of benzene rings is 1. The van der Waals surface area contributed by atoms with Crippen LogP contribution in [0.5, 0.6) is 0 Å². The Morgan fingerprint density at radius 2 is 2.04 bits per heavy atom. The van der Waals surface area contributed by atoms with Crippen LogP contribution in [-0.2, 0) is 16.0 Å². The number of hydrogen-bond donors (Lipinski definition) is 0. The summed E-state index contributed by atoms with van der Waals surface area (Å²) >= 11 is 5.95. The second-order valence-corrected chi connectivity index (χ2v) is 8.80. The summed E-state index contributed by atoms with van der Waals surface area (Å²) in [4.78, 5) is 14.9. The van der Waals surface area contributed by atoms with Crippen LogP contribution in [0.25, 0.3) is 0 Å². The van der Waals surface area contributed by atoms with Crippen molar-refractivity contribution in [3.8, 4) is 0 Å². The molecule has 132 valence electrons. The summed E-state index contributed by atoms with van der Waals surface area (Å²) in [7, 11) is 0. The van der Waals surface area contributed by atoms with E-state index in [2.05, 4.69) is 30.9 Å². The van der Waals surface area contributed by atoms with Crippen molar-refractivity contribution >= 4 is 17.5 Å². The number of carbonyl (C=O) groups is 1. The Labute approximate surface area is 150 Å². The minimum atomic E-state index is -0.0519. The van der Waals surface area contributed by atoms with Crippen molar-refractivity contribution in [3.63, 3.8) is 0 Å². The zero-order valence-electron chi connectivity index (χ0n) is 14.8. The average molecular weight is 350 g/mol. The highest BCUT2D eigenvalue weighted by Gasteiger charge is 2.41. The van der Waals surface area contributed by atoms with E-state index in [9.17, 15) is 4.79 Å². The summed E-state index contributed by atoms with van der Waals surface area (Å²) < 4.78 is 5.68. The van der Waals surface area contributed by atoms with Gasteiger partial charge in [0.05, 0.1) is 6.61 Å². The maximum atomic E-state index is 12.8. The summed E-state index contributed by atoms with van der Waals surface area (Å²) in [6.07, 6.45) is 4.90. The van der Waals surface area contributed by atoms with Crippen molar-refractivity contribution in [2.75, 3.05) is 26.3 Å². The third kappa shape index (κ3) is 4.31. The maximum Gasteiger partial charge on any atom is 0.223 e. The van der Waals surface area contributed by atoms with Gasteiger partial charge in [0.1, 0.15) is 0 Å². The number of carbonyl (C=O) groups excluding carboxylic acids is 1. The molecule has 4 heteroatoms. The Balaban J connectivity index is 1.56. The van der Waals surface area contributed by atoms with E-state index < -0.39 is 0 Å². The first-order valence-corrected chi connectivity index (χ1v) is 9.35. The molecule has 3 nitrogen and oxygen atoms in total.